The number of hydrogen-bond acceptors (Lipinski definition) is 5. The molecule has 0 amide bonds. The molecule has 2 heterocycles. The second kappa shape index (κ2) is 5.13. The summed E-state index contributed by atoms with van der Waals surface area (Å²) < 4.78 is 0. The van der Waals surface area contributed by atoms with E-state index in [0.717, 1.165) is 24.2 Å². The fourth-order valence-electron chi connectivity index (χ4n) is 1.85. The molecule has 1 atom stereocenters. The van der Waals surface area contributed by atoms with E-state index >= 15 is 0 Å². The van der Waals surface area contributed by atoms with E-state index in [0.29, 0.717) is 11.1 Å². The van der Waals surface area contributed by atoms with E-state index in [1.165, 1.54) is 11.8 Å². The van der Waals surface area contributed by atoms with Gasteiger partial charge in [0.15, 0.2) is 5.16 Å². The Hall–Kier alpha value is -1.69. The van der Waals surface area contributed by atoms with Crippen molar-refractivity contribution in [3.05, 3.63) is 46.4 Å². The minimum absolute atomic E-state index is 0.0780. The third kappa shape index (κ3) is 3.01. The van der Waals surface area contributed by atoms with E-state index in [9.17, 15) is 4.79 Å². The SMILES string of the molecule is C[C@H](Sc1nc(C2CC2)cc(=O)[nH]1)c1cnccn1. The third-order valence-electron chi connectivity index (χ3n) is 3.02. The Kier molecular flexibility index (Phi) is 3.33. The van der Waals surface area contributed by atoms with Crippen LogP contribution in [-0.4, -0.2) is 19.9 Å². The van der Waals surface area contributed by atoms with Crippen LogP contribution in [-0.2, 0) is 0 Å². The Morgan fingerprint density at radius 3 is 2.95 bits per heavy atom. The largest absolute Gasteiger partial charge is 0.301 e. The first kappa shape index (κ1) is 12.3. The van der Waals surface area contributed by atoms with E-state index in [4.69, 9.17) is 0 Å². The molecule has 0 saturated heterocycles. The van der Waals surface area contributed by atoms with Crippen molar-refractivity contribution in [3.8, 4) is 0 Å². The van der Waals surface area contributed by atoms with Gasteiger partial charge in [0, 0.05) is 30.6 Å². The molecule has 2 aromatic rings. The molecule has 3 rings (SSSR count). The summed E-state index contributed by atoms with van der Waals surface area (Å²) >= 11 is 1.50. The minimum Gasteiger partial charge on any atom is -0.301 e. The number of nitrogens with one attached hydrogen (secondary N) is 1. The van der Waals surface area contributed by atoms with Crippen LogP contribution in [0.3, 0.4) is 0 Å². The third-order valence-corrected chi connectivity index (χ3v) is 4.04. The van der Waals surface area contributed by atoms with Gasteiger partial charge in [-0.15, -0.1) is 0 Å². The number of aromatic nitrogens is 4. The molecule has 1 fully saturated rings. The van der Waals surface area contributed by atoms with Crippen molar-refractivity contribution in [2.75, 3.05) is 0 Å². The van der Waals surface area contributed by atoms with Crippen molar-refractivity contribution >= 4 is 11.8 Å². The maximum Gasteiger partial charge on any atom is 0.251 e. The van der Waals surface area contributed by atoms with Crippen LogP contribution in [0.4, 0.5) is 0 Å². The van der Waals surface area contributed by atoms with Crippen molar-refractivity contribution in [1.29, 1.82) is 0 Å². The highest BCUT2D eigenvalue weighted by molar-refractivity contribution is 7.99. The molecular weight excluding hydrogens is 260 g/mol. The van der Waals surface area contributed by atoms with Gasteiger partial charge >= 0.3 is 0 Å². The molecular formula is C13H14N4OS. The maximum atomic E-state index is 11.6. The molecule has 0 spiro atoms. The molecule has 1 aliphatic carbocycles. The molecule has 0 unspecified atom stereocenters. The van der Waals surface area contributed by atoms with Gasteiger partial charge in [-0.1, -0.05) is 11.8 Å². The lowest BCUT2D eigenvalue weighted by molar-refractivity contribution is 0.854. The van der Waals surface area contributed by atoms with Gasteiger partial charge in [-0.2, -0.15) is 0 Å². The zero-order valence-electron chi connectivity index (χ0n) is 10.5. The smallest absolute Gasteiger partial charge is 0.251 e. The molecule has 0 aromatic carbocycles. The monoisotopic (exact) mass is 274 g/mol. The van der Waals surface area contributed by atoms with Crippen molar-refractivity contribution in [1.82, 2.24) is 19.9 Å². The van der Waals surface area contributed by atoms with Crippen molar-refractivity contribution in [3.63, 3.8) is 0 Å². The lowest BCUT2D eigenvalue weighted by Gasteiger charge is -2.09. The van der Waals surface area contributed by atoms with Gasteiger partial charge in [0.1, 0.15) is 0 Å². The van der Waals surface area contributed by atoms with E-state index in [1.54, 1.807) is 24.7 Å². The lowest BCUT2D eigenvalue weighted by Crippen LogP contribution is -2.10. The minimum atomic E-state index is -0.0780. The highest BCUT2D eigenvalue weighted by Gasteiger charge is 2.26. The molecule has 0 bridgehead atoms. The van der Waals surface area contributed by atoms with Crippen LogP contribution in [0, 0.1) is 0 Å². The summed E-state index contributed by atoms with van der Waals surface area (Å²) in [5.41, 5.74) is 1.72. The quantitative estimate of drug-likeness (QED) is 0.684. The molecule has 2 aromatic heterocycles. The van der Waals surface area contributed by atoms with Gasteiger partial charge in [-0.05, 0) is 19.8 Å². The Bertz CT molecular complexity index is 624. The standard InChI is InChI=1S/C13H14N4OS/c1-8(11-7-14-4-5-15-11)19-13-16-10(9-2-3-9)6-12(18)17-13/h4-9H,2-3H2,1H3,(H,16,17,18)/t8-/m0/s1. The zero-order valence-corrected chi connectivity index (χ0v) is 11.4. The number of aromatic amines is 1. The molecule has 98 valence electrons. The highest BCUT2D eigenvalue weighted by Crippen LogP contribution is 2.39. The topological polar surface area (TPSA) is 71.5 Å². The number of thioether (sulfide) groups is 1. The number of H-pyrrole nitrogens is 1. The fraction of sp³-hybridized carbons (Fsp3) is 0.385. The second-order valence-corrected chi connectivity index (χ2v) is 5.97. The predicted molar refractivity (Wildman–Crippen MR) is 73.1 cm³/mol. The summed E-state index contributed by atoms with van der Waals surface area (Å²) in [7, 11) is 0. The van der Waals surface area contributed by atoms with Crippen LogP contribution in [0.15, 0.2) is 34.6 Å². The number of nitrogens with zero attached hydrogens (tertiary/aromatic N) is 3. The maximum absolute atomic E-state index is 11.6. The van der Waals surface area contributed by atoms with E-state index in [1.807, 2.05) is 6.92 Å². The van der Waals surface area contributed by atoms with Gasteiger partial charge in [0.25, 0.3) is 5.56 Å². The summed E-state index contributed by atoms with van der Waals surface area (Å²) in [4.78, 5) is 27.2. The van der Waals surface area contributed by atoms with Crippen LogP contribution >= 0.6 is 11.8 Å². The van der Waals surface area contributed by atoms with Crippen LogP contribution in [0.5, 0.6) is 0 Å². The first-order valence-electron chi connectivity index (χ1n) is 6.26. The van der Waals surface area contributed by atoms with Gasteiger partial charge in [0.05, 0.1) is 16.6 Å². The number of rotatable bonds is 4. The molecule has 5 nitrogen and oxygen atoms in total. The Morgan fingerprint density at radius 2 is 2.26 bits per heavy atom. The average molecular weight is 274 g/mol. The van der Waals surface area contributed by atoms with Crippen LogP contribution in [0.1, 0.15) is 42.3 Å². The molecule has 19 heavy (non-hydrogen) atoms. The predicted octanol–water partition coefficient (Wildman–Crippen LogP) is 2.29. The van der Waals surface area contributed by atoms with Gasteiger partial charge < -0.3 is 4.98 Å². The van der Waals surface area contributed by atoms with Gasteiger partial charge in [-0.3, -0.25) is 14.8 Å². The Balaban J connectivity index is 1.81. The van der Waals surface area contributed by atoms with Crippen molar-refractivity contribution in [2.24, 2.45) is 0 Å². The number of hydrogen-bond donors (Lipinski definition) is 1. The van der Waals surface area contributed by atoms with E-state index in [2.05, 4.69) is 19.9 Å². The molecule has 1 N–H and O–H groups in total. The molecule has 0 aliphatic heterocycles. The van der Waals surface area contributed by atoms with E-state index < -0.39 is 0 Å². The summed E-state index contributed by atoms with van der Waals surface area (Å²) in [5.74, 6) is 0.480. The summed E-state index contributed by atoms with van der Waals surface area (Å²) in [5, 5.41) is 0.763. The van der Waals surface area contributed by atoms with Crippen LogP contribution in [0.25, 0.3) is 0 Å². The van der Waals surface area contributed by atoms with E-state index in [-0.39, 0.29) is 10.8 Å². The zero-order chi connectivity index (χ0) is 13.2. The molecule has 1 saturated carbocycles. The van der Waals surface area contributed by atoms with Crippen LogP contribution < -0.4 is 5.56 Å². The molecule has 1 aliphatic rings. The van der Waals surface area contributed by atoms with Gasteiger partial charge in [0.2, 0.25) is 0 Å². The van der Waals surface area contributed by atoms with Crippen LogP contribution in [0.2, 0.25) is 0 Å². The first-order valence-corrected chi connectivity index (χ1v) is 7.14. The summed E-state index contributed by atoms with van der Waals surface area (Å²) in [6.07, 6.45) is 7.33. The summed E-state index contributed by atoms with van der Waals surface area (Å²) in [6.45, 7) is 2.03. The fourth-order valence-corrected chi connectivity index (χ4v) is 2.74. The molecule has 0 radical (unpaired) electrons. The first-order chi connectivity index (χ1) is 9.22. The Labute approximate surface area is 114 Å². The van der Waals surface area contributed by atoms with Gasteiger partial charge in [-0.25, -0.2) is 4.98 Å². The Morgan fingerprint density at radius 1 is 1.42 bits per heavy atom. The second-order valence-electron chi connectivity index (χ2n) is 4.64. The summed E-state index contributed by atoms with van der Waals surface area (Å²) in [6, 6.07) is 1.61. The molecule has 6 heteroatoms. The average Bonchev–Trinajstić information content (AvgIpc) is 3.23. The lowest BCUT2D eigenvalue weighted by atomic mass is 10.3. The highest BCUT2D eigenvalue weighted by atomic mass is 32.2. The van der Waals surface area contributed by atoms with Crippen molar-refractivity contribution < 1.29 is 0 Å². The van der Waals surface area contributed by atoms with Crippen molar-refractivity contribution in [2.45, 2.75) is 36.1 Å². The normalized spacial score (nSPS) is 16.3.